The first kappa shape index (κ1) is 12.8. The molecule has 0 aromatic heterocycles. The predicted molar refractivity (Wildman–Crippen MR) is 64.4 cm³/mol. The Labute approximate surface area is 95.9 Å². The van der Waals surface area contributed by atoms with E-state index < -0.39 is 0 Å². The van der Waals surface area contributed by atoms with Gasteiger partial charge in [-0.3, -0.25) is 0 Å². The van der Waals surface area contributed by atoms with Gasteiger partial charge in [0.2, 0.25) is 0 Å². The molecule has 4 nitrogen and oxygen atoms in total. The molecule has 0 aliphatic heterocycles. The number of hydrogen-bond acceptors (Lipinski definition) is 4. The molecule has 0 radical (unpaired) electrons. The van der Waals surface area contributed by atoms with E-state index in [-0.39, 0.29) is 29.5 Å². The number of aromatic hydroxyl groups is 2. The van der Waals surface area contributed by atoms with E-state index in [1.807, 2.05) is 13.8 Å². The van der Waals surface area contributed by atoms with Crippen LogP contribution in [0.4, 0.5) is 0 Å². The molecule has 0 bridgehead atoms. The van der Waals surface area contributed by atoms with Gasteiger partial charge in [-0.2, -0.15) is 0 Å². The number of hydrogen-bond donors (Lipinski definition) is 4. The highest BCUT2D eigenvalue weighted by atomic mass is 16.3. The predicted octanol–water partition coefficient (Wildman–Crippen LogP) is 1.27. The highest BCUT2D eigenvalue weighted by Crippen LogP contribution is 2.33. The van der Waals surface area contributed by atoms with Crippen LogP contribution in [0, 0.1) is 0 Å². The largest absolute Gasteiger partial charge is 0.508 e. The van der Waals surface area contributed by atoms with Crippen molar-refractivity contribution < 1.29 is 10.2 Å². The lowest BCUT2D eigenvalue weighted by Crippen LogP contribution is -2.30. The van der Waals surface area contributed by atoms with E-state index in [4.69, 9.17) is 11.5 Å². The monoisotopic (exact) mass is 224 g/mol. The van der Waals surface area contributed by atoms with Gasteiger partial charge < -0.3 is 21.7 Å². The Morgan fingerprint density at radius 1 is 1.19 bits per heavy atom. The van der Waals surface area contributed by atoms with Crippen molar-refractivity contribution in [1.29, 1.82) is 0 Å². The van der Waals surface area contributed by atoms with Crippen LogP contribution in [0.1, 0.15) is 31.7 Å². The van der Waals surface area contributed by atoms with Crippen molar-refractivity contribution >= 4 is 0 Å². The van der Waals surface area contributed by atoms with Crippen LogP contribution in [0.5, 0.6) is 11.5 Å². The van der Waals surface area contributed by atoms with Crippen molar-refractivity contribution in [3.8, 4) is 11.5 Å². The molecule has 16 heavy (non-hydrogen) atoms. The summed E-state index contributed by atoms with van der Waals surface area (Å²) in [7, 11) is 0. The molecule has 4 heteroatoms. The van der Waals surface area contributed by atoms with E-state index in [0.717, 1.165) is 5.56 Å². The fraction of sp³-hybridized carbons (Fsp3) is 0.500. The van der Waals surface area contributed by atoms with Crippen molar-refractivity contribution in [2.75, 3.05) is 0 Å². The number of phenolic OH excluding ortho intramolecular Hbond substituents is 2. The van der Waals surface area contributed by atoms with Crippen LogP contribution >= 0.6 is 0 Å². The topological polar surface area (TPSA) is 92.5 Å². The Hall–Kier alpha value is -1.26. The standard InChI is InChI=1S/C12H20N2O2/c1-7(13)5-11(8(2)14)10-4-3-9(15)6-12(10)16/h3-4,6-8,11,15-16H,5,13-14H2,1-2H3. The van der Waals surface area contributed by atoms with Crippen LogP contribution in [0.2, 0.25) is 0 Å². The van der Waals surface area contributed by atoms with Gasteiger partial charge >= 0.3 is 0 Å². The highest BCUT2D eigenvalue weighted by Gasteiger charge is 2.21. The zero-order valence-corrected chi connectivity index (χ0v) is 9.72. The summed E-state index contributed by atoms with van der Waals surface area (Å²) in [6, 6.07) is 4.49. The Balaban J connectivity index is 3.01. The Kier molecular flexibility index (Phi) is 4.15. The van der Waals surface area contributed by atoms with Crippen LogP contribution < -0.4 is 11.5 Å². The van der Waals surface area contributed by atoms with Gasteiger partial charge in [0.15, 0.2) is 0 Å². The molecule has 1 aromatic rings. The maximum absolute atomic E-state index is 9.77. The van der Waals surface area contributed by atoms with Gasteiger partial charge in [-0.05, 0) is 31.9 Å². The summed E-state index contributed by atoms with van der Waals surface area (Å²) in [5.41, 5.74) is 12.4. The minimum atomic E-state index is -0.0959. The molecule has 0 heterocycles. The minimum Gasteiger partial charge on any atom is -0.508 e. The second-order valence-electron chi connectivity index (χ2n) is 4.42. The Bertz CT molecular complexity index is 351. The summed E-state index contributed by atoms with van der Waals surface area (Å²) in [6.45, 7) is 3.80. The Morgan fingerprint density at radius 3 is 2.25 bits per heavy atom. The van der Waals surface area contributed by atoms with Gasteiger partial charge in [-0.1, -0.05) is 6.07 Å². The van der Waals surface area contributed by atoms with E-state index in [2.05, 4.69) is 0 Å². The first-order valence-electron chi connectivity index (χ1n) is 5.45. The van der Waals surface area contributed by atoms with E-state index >= 15 is 0 Å². The van der Waals surface area contributed by atoms with Crippen LogP contribution in [0.25, 0.3) is 0 Å². The van der Waals surface area contributed by atoms with E-state index in [1.54, 1.807) is 12.1 Å². The van der Waals surface area contributed by atoms with Crippen molar-refractivity contribution in [3.05, 3.63) is 23.8 Å². The van der Waals surface area contributed by atoms with E-state index in [9.17, 15) is 10.2 Å². The third-order valence-corrected chi connectivity index (χ3v) is 2.67. The van der Waals surface area contributed by atoms with E-state index in [0.29, 0.717) is 6.42 Å². The lowest BCUT2D eigenvalue weighted by Gasteiger charge is -2.23. The summed E-state index contributed by atoms with van der Waals surface area (Å²) < 4.78 is 0. The summed E-state index contributed by atoms with van der Waals surface area (Å²) in [5.74, 6) is 0.119. The van der Waals surface area contributed by atoms with Gasteiger partial charge in [-0.25, -0.2) is 0 Å². The number of nitrogens with two attached hydrogens (primary N) is 2. The smallest absolute Gasteiger partial charge is 0.122 e. The maximum Gasteiger partial charge on any atom is 0.122 e. The molecule has 3 unspecified atom stereocenters. The molecular formula is C12H20N2O2. The number of benzene rings is 1. The van der Waals surface area contributed by atoms with Gasteiger partial charge in [0.05, 0.1) is 0 Å². The lowest BCUT2D eigenvalue weighted by molar-refractivity contribution is 0.423. The molecule has 3 atom stereocenters. The SMILES string of the molecule is CC(N)CC(c1ccc(O)cc1O)C(C)N. The quantitative estimate of drug-likeness (QED) is 0.619. The Morgan fingerprint density at radius 2 is 1.81 bits per heavy atom. The molecule has 0 spiro atoms. The molecule has 0 fully saturated rings. The zero-order valence-electron chi connectivity index (χ0n) is 9.72. The molecule has 0 aliphatic carbocycles. The molecule has 90 valence electrons. The van der Waals surface area contributed by atoms with Gasteiger partial charge in [0, 0.05) is 24.1 Å². The fourth-order valence-electron chi connectivity index (χ4n) is 1.87. The first-order chi connectivity index (χ1) is 7.41. The molecule has 6 N–H and O–H groups in total. The van der Waals surface area contributed by atoms with Gasteiger partial charge in [0.1, 0.15) is 11.5 Å². The van der Waals surface area contributed by atoms with E-state index in [1.165, 1.54) is 6.07 Å². The van der Waals surface area contributed by atoms with Crippen LogP contribution in [-0.4, -0.2) is 22.3 Å². The molecule has 0 saturated carbocycles. The summed E-state index contributed by atoms with van der Waals surface area (Å²) in [5, 5.41) is 19.0. The first-order valence-corrected chi connectivity index (χ1v) is 5.45. The third-order valence-electron chi connectivity index (χ3n) is 2.67. The van der Waals surface area contributed by atoms with Crippen LogP contribution in [0.3, 0.4) is 0 Å². The van der Waals surface area contributed by atoms with Crippen molar-refractivity contribution in [1.82, 2.24) is 0 Å². The third kappa shape index (κ3) is 3.12. The summed E-state index contributed by atoms with van der Waals surface area (Å²) in [6.07, 6.45) is 0.704. The summed E-state index contributed by atoms with van der Waals surface area (Å²) >= 11 is 0. The second-order valence-corrected chi connectivity index (χ2v) is 4.42. The molecule has 0 amide bonds. The molecule has 0 saturated heterocycles. The van der Waals surface area contributed by atoms with Gasteiger partial charge in [0.25, 0.3) is 0 Å². The van der Waals surface area contributed by atoms with Crippen LogP contribution in [-0.2, 0) is 0 Å². The van der Waals surface area contributed by atoms with Gasteiger partial charge in [-0.15, -0.1) is 0 Å². The average Bonchev–Trinajstić information content (AvgIpc) is 2.14. The molecule has 1 rings (SSSR count). The fourth-order valence-corrected chi connectivity index (χ4v) is 1.87. The minimum absolute atomic E-state index is 0.000556. The molecule has 0 aliphatic rings. The highest BCUT2D eigenvalue weighted by molar-refractivity contribution is 5.41. The van der Waals surface area contributed by atoms with Crippen LogP contribution in [0.15, 0.2) is 18.2 Å². The number of rotatable bonds is 4. The second kappa shape index (κ2) is 5.18. The maximum atomic E-state index is 9.77. The lowest BCUT2D eigenvalue weighted by atomic mass is 9.87. The zero-order chi connectivity index (χ0) is 12.3. The number of phenols is 2. The molecular weight excluding hydrogens is 204 g/mol. The summed E-state index contributed by atoms with van der Waals surface area (Å²) in [4.78, 5) is 0. The van der Waals surface area contributed by atoms with Crippen molar-refractivity contribution in [2.45, 2.75) is 38.3 Å². The normalized spacial score (nSPS) is 16.8. The van der Waals surface area contributed by atoms with Crippen molar-refractivity contribution in [2.24, 2.45) is 11.5 Å². The molecule has 1 aromatic carbocycles. The average molecular weight is 224 g/mol. The van der Waals surface area contributed by atoms with Crippen molar-refractivity contribution in [3.63, 3.8) is 0 Å².